The van der Waals surface area contributed by atoms with Crippen LogP contribution in [0.25, 0.3) is 10.9 Å². The highest BCUT2D eigenvalue weighted by atomic mass is 16.3. The first kappa shape index (κ1) is 9.04. The van der Waals surface area contributed by atoms with Gasteiger partial charge < -0.3 is 9.73 Å². The molecule has 0 bridgehead atoms. The van der Waals surface area contributed by atoms with Crippen molar-refractivity contribution in [2.45, 2.75) is 0 Å². The Bertz CT molecular complexity index is 539. The molecule has 0 amide bonds. The monoisotopic (exact) mass is 208 g/mol. The molecule has 2 heteroatoms. The Balaban J connectivity index is 2.03. The molecule has 2 heterocycles. The normalized spacial score (nSPS) is 22.4. The molecular formula is C14H10NO-. The van der Waals surface area contributed by atoms with E-state index in [0.717, 1.165) is 22.4 Å². The van der Waals surface area contributed by atoms with Gasteiger partial charge in [0.1, 0.15) is 0 Å². The molecule has 78 valence electrons. The fourth-order valence-electron chi connectivity index (χ4n) is 1.84. The Morgan fingerprint density at radius 3 is 2.81 bits per heavy atom. The van der Waals surface area contributed by atoms with Crippen LogP contribution in [0.5, 0.6) is 0 Å². The van der Waals surface area contributed by atoms with Crippen molar-refractivity contribution in [3.63, 3.8) is 0 Å². The zero-order valence-electron chi connectivity index (χ0n) is 8.63. The summed E-state index contributed by atoms with van der Waals surface area (Å²) >= 11 is 0. The van der Waals surface area contributed by atoms with Crippen LogP contribution in [-0.2, 0) is 0 Å². The molecule has 1 aliphatic carbocycles. The van der Waals surface area contributed by atoms with Gasteiger partial charge >= 0.3 is 0 Å². The molecule has 0 saturated heterocycles. The van der Waals surface area contributed by atoms with Gasteiger partial charge in [-0.25, -0.2) is 0 Å². The number of hydrogen-bond acceptors (Lipinski definition) is 1. The van der Waals surface area contributed by atoms with E-state index in [1.165, 1.54) is 0 Å². The van der Waals surface area contributed by atoms with Gasteiger partial charge in [0.05, 0.1) is 12.5 Å². The first-order valence-corrected chi connectivity index (χ1v) is 5.15. The average molecular weight is 208 g/mol. The van der Waals surface area contributed by atoms with Gasteiger partial charge in [0.25, 0.3) is 0 Å². The van der Waals surface area contributed by atoms with E-state index in [9.17, 15) is 0 Å². The van der Waals surface area contributed by atoms with E-state index >= 15 is 0 Å². The fraction of sp³-hybridized carbons (Fsp3) is 0. The van der Waals surface area contributed by atoms with Crippen LogP contribution in [-0.4, -0.2) is 0 Å². The predicted molar refractivity (Wildman–Crippen MR) is 64.5 cm³/mol. The van der Waals surface area contributed by atoms with Crippen molar-refractivity contribution >= 4 is 5.57 Å². The molecule has 2 nitrogen and oxygen atoms in total. The summed E-state index contributed by atoms with van der Waals surface area (Å²) in [5.74, 6) is 0. The summed E-state index contributed by atoms with van der Waals surface area (Å²) in [6.07, 6.45) is 17.4. The molecule has 3 rings (SSSR count). The lowest BCUT2D eigenvalue weighted by Gasteiger charge is -2.24. The third-order valence-corrected chi connectivity index (χ3v) is 2.59. The van der Waals surface area contributed by atoms with Gasteiger partial charge in [-0.1, -0.05) is 36.5 Å². The summed E-state index contributed by atoms with van der Waals surface area (Å²) in [7, 11) is 0. The molecule has 0 N–H and O–H groups in total. The highest BCUT2D eigenvalue weighted by Gasteiger charge is 2.10. The van der Waals surface area contributed by atoms with Crippen molar-refractivity contribution in [2.24, 2.45) is 0 Å². The first-order valence-electron chi connectivity index (χ1n) is 5.15. The number of hydrogen-bond donors (Lipinski definition) is 0. The minimum Gasteiger partial charge on any atom is -0.664 e. The second kappa shape index (κ2) is 3.74. The average Bonchev–Trinajstić information content (AvgIpc) is 3.01. The summed E-state index contributed by atoms with van der Waals surface area (Å²) in [6.45, 7) is 0. The number of nitrogens with zero attached hydrogens (tertiary/aromatic N) is 1. The molecule has 0 aromatic carbocycles. The molecule has 1 aromatic heterocycles. The Kier molecular flexibility index (Phi) is 2.11. The van der Waals surface area contributed by atoms with Crippen LogP contribution in [0.15, 0.2) is 76.9 Å². The van der Waals surface area contributed by atoms with Gasteiger partial charge in [0.2, 0.25) is 0 Å². The summed E-state index contributed by atoms with van der Waals surface area (Å²) in [5.41, 5.74) is 4.38. The van der Waals surface area contributed by atoms with E-state index in [-0.39, 0.29) is 0 Å². The van der Waals surface area contributed by atoms with Crippen molar-refractivity contribution in [3.05, 3.63) is 83.4 Å². The molecule has 0 unspecified atom stereocenters. The second-order valence-corrected chi connectivity index (χ2v) is 3.58. The maximum absolute atomic E-state index is 5.11. The third kappa shape index (κ3) is 1.44. The van der Waals surface area contributed by atoms with Crippen LogP contribution < -0.4 is 0 Å². The summed E-state index contributed by atoms with van der Waals surface area (Å²) < 4.78 is 5.11. The standard InChI is InChI=1S/C14H10NO/c1-2-8-15-14(6-1)13-5-3-4-12(13)11-7-9-16-10-11/h1-10H/q-1/b14-13-. The van der Waals surface area contributed by atoms with Crippen LogP contribution in [0.1, 0.15) is 5.56 Å². The molecule has 0 fully saturated rings. The van der Waals surface area contributed by atoms with Crippen LogP contribution >= 0.6 is 0 Å². The summed E-state index contributed by atoms with van der Waals surface area (Å²) in [5, 5.41) is 4.36. The Morgan fingerprint density at radius 1 is 1.06 bits per heavy atom. The molecule has 0 atom stereocenters. The third-order valence-electron chi connectivity index (χ3n) is 2.59. The van der Waals surface area contributed by atoms with Crippen LogP contribution in [0, 0.1) is 0 Å². The second-order valence-electron chi connectivity index (χ2n) is 3.58. The lowest BCUT2D eigenvalue weighted by atomic mass is 10.0. The van der Waals surface area contributed by atoms with Crippen LogP contribution in [0.3, 0.4) is 0 Å². The van der Waals surface area contributed by atoms with E-state index < -0.39 is 0 Å². The van der Waals surface area contributed by atoms with Crippen molar-refractivity contribution < 1.29 is 4.42 Å². The fourth-order valence-corrected chi connectivity index (χ4v) is 1.84. The minimum absolute atomic E-state index is 0.990. The van der Waals surface area contributed by atoms with Gasteiger partial charge in [-0.15, -0.1) is 5.70 Å². The minimum atomic E-state index is 0.990. The smallest absolute Gasteiger partial charge is 0.0981 e. The lowest BCUT2D eigenvalue weighted by molar-refractivity contribution is 0.566. The molecule has 16 heavy (non-hydrogen) atoms. The Hall–Kier alpha value is -2.22. The number of furan rings is 1. The molecule has 1 aliphatic heterocycles. The quantitative estimate of drug-likeness (QED) is 0.686. The van der Waals surface area contributed by atoms with E-state index in [1.807, 2.05) is 36.6 Å². The number of allylic oxidation sites excluding steroid dienone is 8. The molecular weight excluding hydrogens is 198 g/mol. The molecule has 0 saturated carbocycles. The van der Waals surface area contributed by atoms with Crippen molar-refractivity contribution in [1.29, 1.82) is 0 Å². The molecule has 0 spiro atoms. The number of rotatable bonds is 1. The summed E-state index contributed by atoms with van der Waals surface area (Å²) in [6, 6.07) is 1.96. The van der Waals surface area contributed by atoms with E-state index in [0.29, 0.717) is 0 Å². The topological polar surface area (TPSA) is 27.2 Å². The van der Waals surface area contributed by atoms with Gasteiger partial charge in [-0.3, -0.25) is 0 Å². The zero-order chi connectivity index (χ0) is 10.8. The molecule has 0 radical (unpaired) electrons. The lowest BCUT2D eigenvalue weighted by Crippen LogP contribution is -1.88. The van der Waals surface area contributed by atoms with Crippen LogP contribution in [0.4, 0.5) is 0 Å². The highest BCUT2D eigenvalue weighted by Crippen LogP contribution is 2.34. The largest absolute Gasteiger partial charge is 0.664 e. The van der Waals surface area contributed by atoms with Crippen molar-refractivity contribution in [3.8, 4) is 0 Å². The van der Waals surface area contributed by atoms with Gasteiger partial charge in [0.15, 0.2) is 0 Å². The van der Waals surface area contributed by atoms with Gasteiger partial charge in [0, 0.05) is 5.56 Å². The molecule has 1 aromatic rings. The summed E-state index contributed by atoms with van der Waals surface area (Å²) in [4.78, 5) is 0. The molecule has 2 aliphatic rings. The van der Waals surface area contributed by atoms with Gasteiger partial charge in [-0.05, 0) is 17.2 Å². The first-order chi connectivity index (χ1) is 7.95. The van der Waals surface area contributed by atoms with E-state index in [2.05, 4.69) is 17.5 Å². The zero-order valence-corrected chi connectivity index (χ0v) is 8.63. The Morgan fingerprint density at radius 2 is 2.06 bits per heavy atom. The maximum Gasteiger partial charge on any atom is 0.0981 e. The maximum atomic E-state index is 5.11. The van der Waals surface area contributed by atoms with E-state index in [1.54, 1.807) is 12.5 Å². The predicted octanol–water partition coefficient (Wildman–Crippen LogP) is 3.94. The van der Waals surface area contributed by atoms with Crippen LogP contribution in [0.2, 0.25) is 0 Å². The van der Waals surface area contributed by atoms with Crippen molar-refractivity contribution in [1.82, 2.24) is 0 Å². The van der Waals surface area contributed by atoms with E-state index in [4.69, 9.17) is 4.42 Å². The van der Waals surface area contributed by atoms with Crippen molar-refractivity contribution in [2.75, 3.05) is 0 Å². The SMILES string of the molecule is C1=C[N-]/C(=C2/C=CC=C2c2ccoc2)C=C1. The van der Waals surface area contributed by atoms with Gasteiger partial charge in [-0.2, -0.15) is 6.20 Å². The highest BCUT2D eigenvalue weighted by molar-refractivity contribution is 5.87. The Labute approximate surface area is 94.0 Å².